The lowest BCUT2D eigenvalue weighted by Crippen LogP contribution is -2.45. The number of rotatable bonds is 8. The van der Waals surface area contributed by atoms with Gasteiger partial charge in [0, 0.05) is 32.8 Å². The zero-order valence-electron chi connectivity index (χ0n) is 11.3. The molecule has 0 rings (SSSR count). The Kier molecular flexibility index (Phi) is 7.49. The van der Waals surface area contributed by atoms with Gasteiger partial charge in [-0.15, -0.1) is 0 Å². The summed E-state index contributed by atoms with van der Waals surface area (Å²) < 4.78 is 20.3. The van der Waals surface area contributed by atoms with Gasteiger partial charge in [0.15, 0.2) is 0 Å². The van der Waals surface area contributed by atoms with Crippen LogP contribution in [0, 0.1) is 0 Å². The third-order valence-electron chi connectivity index (χ3n) is 2.13. The predicted octanol–water partition coefficient (Wildman–Crippen LogP) is 1.29. The van der Waals surface area contributed by atoms with Gasteiger partial charge in [0.25, 0.3) is 5.97 Å². The van der Waals surface area contributed by atoms with Gasteiger partial charge in [-0.25, -0.2) is 4.79 Å². The standard InChI is InChI=1S/C11H20O6Si/c1-9(2)11(13)16-7-6-8-18(14-4,15-5)17-10(3)12/h1,6-8H2,2-5H3. The molecule has 0 N–H and O–H groups in total. The van der Waals surface area contributed by atoms with Crippen molar-refractivity contribution < 1.29 is 27.6 Å². The largest absolute Gasteiger partial charge is 0.567 e. The maximum atomic E-state index is 11.1. The molecular formula is C11H20O6Si. The van der Waals surface area contributed by atoms with Crippen LogP contribution in [0.5, 0.6) is 0 Å². The van der Waals surface area contributed by atoms with Crippen molar-refractivity contribution in [3.63, 3.8) is 0 Å². The van der Waals surface area contributed by atoms with E-state index in [1.165, 1.54) is 21.1 Å². The summed E-state index contributed by atoms with van der Waals surface area (Å²) in [5.41, 5.74) is 0.344. The van der Waals surface area contributed by atoms with E-state index in [2.05, 4.69) is 6.58 Å². The second-order valence-electron chi connectivity index (χ2n) is 3.70. The van der Waals surface area contributed by atoms with Gasteiger partial charge < -0.3 is 18.0 Å². The highest BCUT2D eigenvalue weighted by molar-refractivity contribution is 6.62. The smallest absolute Gasteiger partial charge is 0.473 e. The Balaban J connectivity index is 4.16. The molecule has 0 saturated heterocycles. The minimum atomic E-state index is -2.97. The first-order valence-electron chi connectivity index (χ1n) is 5.49. The van der Waals surface area contributed by atoms with Crippen molar-refractivity contribution in [1.82, 2.24) is 0 Å². The van der Waals surface area contributed by atoms with Crippen LogP contribution in [0.2, 0.25) is 6.04 Å². The molecule has 0 aliphatic carbocycles. The van der Waals surface area contributed by atoms with Crippen LogP contribution < -0.4 is 0 Å². The van der Waals surface area contributed by atoms with Crippen LogP contribution in [0.1, 0.15) is 20.3 Å². The second kappa shape index (κ2) is 8.01. The zero-order valence-corrected chi connectivity index (χ0v) is 12.3. The Labute approximate surface area is 108 Å². The Morgan fingerprint density at radius 1 is 1.17 bits per heavy atom. The van der Waals surface area contributed by atoms with Crippen molar-refractivity contribution in [3.8, 4) is 0 Å². The van der Waals surface area contributed by atoms with E-state index < -0.39 is 20.7 Å². The maximum Gasteiger partial charge on any atom is 0.567 e. The molecule has 0 aliphatic heterocycles. The Morgan fingerprint density at radius 2 is 1.72 bits per heavy atom. The topological polar surface area (TPSA) is 71.1 Å². The molecule has 18 heavy (non-hydrogen) atoms. The van der Waals surface area contributed by atoms with Crippen molar-refractivity contribution in [2.75, 3.05) is 20.8 Å². The Bertz CT molecular complexity index is 311. The predicted molar refractivity (Wildman–Crippen MR) is 66.7 cm³/mol. The average Bonchev–Trinajstić information content (AvgIpc) is 2.32. The van der Waals surface area contributed by atoms with Gasteiger partial charge in [-0.3, -0.25) is 4.79 Å². The number of ether oxygens (including phenoxy) is 1. The monoisotopic (exact) mass is 276 g/mol. The molecule has 0 heterocycles. The highest BCUT2D eigenvalue weighted by atomic mass is 28.4. The van der Waals surface area contributed by atoms with Crippen LogP contribution in [0.25, 0.3) is 0 Å². The highest BCUT2D eigenvalue weighted by Crippen LogP contribution is 2.16. The summed E-state index contributed by atoms with van der Waals surface area (Å²) in [7, 11) is -0.111. The summed E-state index contributed by atoms with van der Waals surface area (Å²) in [6.45, 7) is 6.54. The second-order valence-corrected chi connectivity index (χ2v) is 6.59. The third kappa shape index (κ3) is 5.94. The number of hydrogen-bond donors (Lipinski definition) is 0. The minimum absolute atomic E-state index is 0.203. The molecule has 0 atom stereocenters. The Morgan fingerprint density at radius 3 is 2.11 bits per heavy atom. The molecule has 0 amide bonds. The average molecular weight is 276 g/mol. The lowest BCUT2D eigenvalue weighted by molar-refractivity contribution is -0.139. The molecule has 6 nitrogen and oxygen atoms in total. The van der Waals surface area contributed by atoms with Gasteiger partial charge >= 0.3 is 14.8 Å². The lowest BCUT2D eigenvalue weighted by atomic mass is 10.4. The van der Waals surface area contributed by atoms with Gasteiger partial charge in [0.1, 0.15) is 0 Å². The molecule has 104 valence electrons. The Hall–Kier alpha value is -1.18. The normalized spacial score (nSPS) is 10.9. The van der Waals surface area contributed by atoms with Crippen molar-refractivity contribution in [2.24, 2.45) is 0 Å². The van der Waals surface area contributed by atoms with E-state index in [-0.39, 0.29) is 6.61 Å². The summed E-state index contributed by atoms with van der Waals surface area (Å²) in [5, 5.41) is 0. The molecule has 0 saturated carbocycles. The van der Waals surface area contributed by atoms with Crippen molar-refractivity contribution in [2.45, 2.75) is 26.3 Å². The number of hydrogen-bond acceptors (Lipinski definition) is 6. The first-order valence-corrected chi connectivity index (χ1v) is 7.42. The molecule has 7 heteroatoms. The van der Waals surface area contributed by atoms with E-state index in [4.69, 9.17) is 18.0 Å². The van der Waals surface area contributed by atoms with E-state index in [9.17, 15) is 9.59 Å². The lowest BCUT2D eigenvalue weighted by Gasteiger charge is -2.24. The molecule has 0 unspecified atom stereocenters. The van der Waals surface area contributed by atoms with Crippen LogP contribution in [0.15, 0.2) is 12.2 Å². The quantitative estimate of drug-likeness (QED) is 0.288. The fourth-order valence-corrected chi connectivity index (χ4v) is 3.08. The molecule has 0 fully saturated rings. The highest BCUT2D eigenvalue weighted by Gasteiger charge is 2.41. The van der Waals surface area contributed by atoms with Crippen LogP contribution >= 0.6 is 0 Å². The summed E-state index contributed by atoms with van der Waals surface area (Å²) in [6.07, 6.45) is 0.486. The summed E-state index contributed by atoms with van der Waals surface area (Å²) >= 11 is 0. The van der Waals surface area contributed by atoms with Crippen LogP contribution in [-0.4, -0.2) is 41.6 Å². The van der Waals surface area contributed by atoms with E-state index in [1.54, 1.807) is 6.92 Å². The van der Waals surface area contributed by atoms with E-state index in [1.807, 2.05) is 0 Å². The fraction of sp³-hybridized carbons (Fsp3) is 0.636. The molecule has 0 aliphatic rings. The molecule has 0 aromatic carbocycles. The fourth-order valence-electron chi connectivity index (χ4n) is 1.22. The first kappa shape index (κ1) is 16.8. The summed E-state index contributed by atoms with van der Waals surface area (Å²) in [6, 6.07) is 0.392. The van der Waals surface area contributed by atoms with Crippen LogP contribution in [0.4, 0.5) is 0 Å². The van der Waals surface area contributed by atoms with Gasteiger partial charge in [0.05, 0.1) is 6.61 Å². The van der Waals surface area contributed by atoms with Crippen molar-refractivity contribution in [3.05, 3.63) is 12.2 Å². The third-order valence-corrected chi connectivity index (χ3v) is 4.94. The zero-order chi connectivity index (χ0) is 14.2. The van der Waals surface area contributed by atoms with Crippen molar-refractivity contribution in [1.29, 1.82) is 0 Å². The van der Waals surface area contributed by atoms with Crippen LogP contribution in [0.3, 0.4) is 0 Å². The number of carbonyl (C=O) groups is 2. The summed E-state index contributed by atoms with van der Waals surface area (Å²) in [4.78, 5) is 22.1. The molecule has 0 spiro atoms. The molecule has 0 aromatic heterocycles. The summed E-state index contributed by atoms with van der Waals surface area (Å²) in [5.74, 6) is -0.895. The maximum absolute atomic E-state index is 11.1. The van der Waals surface area contributed by atoms with E-state index >= 15 is 0 Å². The molecule has 0 aromatic rings. The molecular weight excluding hydrogens is 256 g/mol. The minimum Gasteiger partial charge on any atom is -0.473 e. The van der Waals surface area contributed by atoms with Crippen LogP contribution in [-0.2, 0) is 27.6 Å². The number of esters is 1. The van der Waals surface area contributed by atoms with Gasteiger partial charge in [-0.1, -0.05) is 6.58 Å². The van der Waals surface area contributed by atoms with Gasteiger partial charge in [-0.2, -0.15) is 0 Å². The van der Waals surface area contributed by atoms with E-state index in [0.717, 1.165) is 0 Å². The van der Waals surface area contributed by atoms with Gasteiger partial charge in [0.2, 0.25) is 0 Å². The SMILES string of the molecule is C=C(C)C(=O)OCCC[Si](OC)(OC)OC(C)=O. The van der Waals surface area contributed by atoms with Gasteiger partial charge in [-0.05, 0) is 13.3 Å². The van der Waals surface area contributed by atoms with E-state index in [0.29, 0.717) is 18.0 Å². The molecule has 0 radical (unpaired) electrons. The first-order chi connectivity index (χ1) is 8.37. The number of carbonyl (C=O) groups excluding carboxylic acids is 2. The molecule has 0 bridgehead atoms. The van der Waals surface area contributed by atoms with Crippen molar-refractivity contribution >= 4 is 20.7 Å².